The van der Waals surface area contributed by atoms with Gasteiger partial charge in [0.25, 0.3) is 0 Å². The van der Waals surface area contributed by atoms with Gasteiger partial charge in [-0.15, -0.1) is 0 Å². The van der Waals surface area contributed by atoms with Gasteiger partial charge in [0.1, 0.15) is 11.6 Å². The summed E-state index contributed by atoms with van der Waals surface area (Å²) in [6.07, 6.45) is 0.963. The third kappa shape index (κ3) is 17.0. The monoisotopic (exact) mass is 369 g/mol. The van der Waals surface area contributed by atoms with Crippen LogP contribution in [0.25, 0.3) is 0 Å². The molecule has 133 valence electrons. The molecule has 0 aromatic heterocycles. The van der Waals surface area contributed by atoms with Crippen LogP contribution in [0.3, 0.4) is 0 Å². The van der Waals surface area contributed by atoms with Gasteiger partial charge < -0.3 is 19.8 Å². The van der Waals surface area contributed by atoms with Gasteiger partial charge in [-0.1, -0.05) is 13.8 Å². The van der Waals surface area contributed by atoms with Crippen LogP contribution in [0.4, 0.5) is 0 Å². The fraction of sp³-hybridized carbons (Fsp3) is 0.733. The van der Waals surface area contributed by atoms with Crippen LogP contribution in [0, 0.1) is 11.8 Å². The molecule has 7 nitrogen and oxygen atoms in total. The standard InChI is InChI=1S/2C6H10O3.C3H7O.Cr/c2*1-3-5(4(2)7)6(8)9;1-3(2)4;/h2*5H,3H2,1-2H3,(H,8,9);3H,1-2H3;/q;;-1;+3/p-2. The summed E-state index contributed by atoms with van der Waals surface area (Å²) < 4.78 is 4.62. The molecule has 0 amide bonds. The summed E-state index contributed by atoms with van der Waals surface area (Å²) in [4.78, 5) is 40.9. The number of carbonyl (C=O) groups excluding carboxylic acids is 4. The summed E-state index contributed by atoms with van der Waals surface area (Å²) in [6.45, 7) is 9.73. The number of Topliss-reactive ketones (excluding diaryl/α,β-unsaturated/α-hetero) is 2. The number of rotatable bonds is 7. The van der Waals surface area contributed by atoms with E-state index in [0.29, 0.717) is 18.9 Å². The summed E-state index contributed by atoms with van der Waals surface area (Å²) in [7, 11) is 0. The number of ketones is 2. The second-order valence-corrected chi connectivity index (χ2v) is 5.23. The second kappa shape index (κ2) is 15.7. The Bertz CT molecular complexity index is 320. The smallest absolute Gasteiger partial charge is 0.138 e. The SMILES string of the molecule is CC(C)[O][Cr+2].CCC(C(C)=O)C(=O)[O-].CCC(C(C)=O)C(=O)[O-]. The Morgan fingerprint density at radius 1 is 0.870 bits per heavy atom. The topological polar surface area (TPSA) is 124 Å². The van der Waals surface area contributed by atoms with Crippen molar-refractivity contribution in [3.05, 3.63) is 0 Å². The Labute approximate surface area is 146 Å². The number of hydrogen-bond acceptors (Lipinski definition) is 7. The normalized spacial score (nSPS) is 11.9. The van der Waals surface area contributed by atoms with Crippen LogP contribution >= 0.6 is 0 Å². The summed E-state index contributed by atoms with van der Waals surface area (Å²) in [5.41, 5.74) is 0. The van der Waals surface area contributed by atoms with E-state index >= 15 is 0 Å². The minimum absolute atomic E-state index is 0.317. The van der Waals surface area contributed by atoms with E-state index in [0.717, 1.165) is 0 Å². The molecular weight excluding hydrogens is 344 g/mol. The Kier molecular flexibility index (Phi) is 18.2. The molecule has 0 aromatic rings. The molecule has 0 saturated heterocycles. The molecule has 0 bridgehead atoms. The molecule has 0 N–H and O–H groups in total. The first-order chi connectivity index (χ1) is 10.5. The van der Waals surface area contributed by atoms with Crippen LogP contribution in [0.15, 0.2) is 0 Å². The van der Waals surface area contributed by atoms with Crippen molar-refractivity contribution in [2.75, 3.05) is 0 Å². The van der Waals surface area contributed by atoms with Crippen molar-refractivity contribution in [3.63, 3.8) is 0 Å². The van der Waals surface area contributed by atoms with Gasteiger partial charge in [-0.2, -0.15) is 0 Å². The van der Waals surface area contributed by atoms with Gasteiger partial charge in [0.05, 0.1) is 23.8 Å². The zero-order valence-electron chi connectivity index (χ0n) is 14.4. The Morgan fingerprint density at radius 2 is 1.09 bits per heavy atom. The summed E-state index contributed by atoms with van der Waals surface area (Å²) in [6, 6.07) is 0. The van der Waals surface area contributed by atoms with Crippen LogP contribution in [-0.2, 0) is 39.6 Å². The van der Waals surface area contributed by atoms with Gasteiger partial charge in [-0.05, 0) is 26.7 Å². The number of carbonyl (C=O) groups is 4. The molecular formula is C15H25CrO7. The molecule has 0 aromatic carbocycles. The van der Waals surface area contributed by atoms with E-state index in [-0.39, 0.29) is 11.6 Å². The summed E-state index contributed by atoms with van der Waals surface area (Å²) in [5, 5.41) is 20.1. The van der Waals surface area contributed by atoms with Gasteiger partial charge >= 0.3 is 40.4 Å². The zero-order chi connectivity index (χ0) is 19.2. The van der Waals surface area contributed by atoms with Crippen LogP contribution in [0.2, 0.25) is 0 Å². The van der Waals surface area contributed by atoms with E-state index in [2.05, 4.69) is 20.4 Å². The predicted molar refractivity (Wildman–Crippen MR) is 75.2 cm³/mol. The van der Waals surface area contributed by atoms with Crippen LogP contribution in [0.5, 0.6) is 0 Å². The van der Waals surface area contributed by atoms with Gasteiger partial charge in [0.15, 0.2) is 0 Å². The number of carboxylic acids is 2. The average molecular weight is 369 g/mol. The maximum Gasteiger partial charge on any atom is 0.138 e. The van der Waals surface area contributed by atoms with Gasteiger partial charge in [0.2, 0.25) is 0 Å². The molecule has 23 heavy (non-hydrogen) atoms. The maximum atomic E-state index is 10.4. The Balaban J connectivity index is -0.000000273. The third-order valence-corrected chi connectivity index (χ3v) is 3.16. The van der Waals surface area contributed by atoms with Crippen molar-refractivity contribution >= 4 is 23.5 Å². The van der Waals surface area contributed by atoms with Crippen molar-refractivity contribution in [3.8, 4) is 0 Å². The largest absolute Gasteiger partial charge is 0.549 e. The van der Waals surface area contributed by atoms with E-state index in [4.69, 9.17) is 0 Å². The molecule has 0 aliphatic heterocycles. The quantitative estimate of drug-likeness (QED) is 0.558. The Hall–Kier alpha value is -1.23. The minimum atomic E-state index is -1.27. The average Bonchev–Trinajstić information content (AvgIpc) is 2.39. The van der Waals surface area contributed by atoms with Crippen molar-refractivity contribution in [2.24, 2.45) is 11.8 Å². The zero-order valence-corrected chi connectivity index (χ0v) is 15.7. The maximum absolute atomic E-state index is 10.4. The molecule has 0 heterocycles. The predicted octanol–water partition coefficient (Wildman–Crippen LogP) is -0.424. The second-order valence-electron chi connectivity index (χ2n) is 4.93. The van der Waals surface area contributed by atoms with Crippen molar-refractivity contribution in [1.82, 2.24) is 0 Å². The van der Waals surface area contributed by atoms with E-state index in [1.165, 1.54) is 13.8 Å². The first-order valence-electron chi connectivity index (χ1n) is 7.17. The first-order valence-corrected chi connectivity index (χ1v) is 7.69. The molecule has 0 aliphatic carbocycles. The van der Waals surface area contributed by atoms with E-state index < -0.39 is 23.8 Å². The van der Waals surface area contributed by atoms with Crippen molar-refractivity contribution < 1.29 is 49.8 Å². The molecule has 0 fully saturated rings. The van der Waals surface area contributed by atoms with Gasteiger partial charge in [0, 0.05) is 0 Å². The third-order valence-electron chi connectivity index (χ3n) is 2.56. The molecule has 2 atom stereocenters. The van der Waals surface area contributed by atoms with Crippen LogP contribution in [0.1, 0.15) is 54.4 Å². The Morgan fingerprint density at radius 3 is 1.09 bits per heavy atom. The number of carboxylic acid groups (broad SMARTS) is 2. The molecule has 0 radical (unpaired) electrons. The number of hydrogen-bond donors (Lipinski definition) is 0. The first kappa shape index (κ1) is 26.7. The van der Waals surface area contributed by atoms with Crippen LogP contribution in [-0.4, -0.2) is 29.6 Å². The van der Waals surface area contributed by atoms with E-state index in [1.54, 1.807) is 13.8 Å². The molecule has 0 rings (SSSR count). The van der Waals surface area contributed by atoms with Crippen molar-refractivity contribution in [1.29, 1.82) is 0 Å². The van der Waals surface area contributed by atoms with E-state index in [1.807, 2.05) is 13.8 Å². The molecule has 8 heteroatoms. The molecule has 0 spiro atoms. The fourth-order valence-corrected chi connectivity index (χ4v) is 1.24. The van der Waals surface area contributed by atoms with Gasteiger partial charge in [-0.25, -0.2) is 0 Å². The van der Waals surface area contributed by atoms with Crippen molar-refractivity contribution in [2.45, 2.75) is 60.5 Å². The van der Waals surface area contributed by atoms with Gasteiger partial charge in [-0.3, -0.25) is 9.59 Å². The number of aliphatic carboxylic acids is 2. The van der Waals surface area contributed by atoms with Crippen LogP contribution < -0.4 is 10.2 Å². The molecule has 0 saturated carbocycles. The molecule has 2 unspecified atom stereocenters. The van der Waals surface area contributed by atoms with E-state index in [9.17, 15) is 29.4 Å². The summed E-state index contributed by atoms with van der Waals surface area (Å²) in [5.74, 6) is -5.04. The minimum Gasteiger partial charge on any atom is -0.549 e. The molecule has 0 aliphatic rings. The summed E-state index contributed by atoms with van der Waals surface area (Å²) >= 11 is 2.44. The fourth-order valence-electron chi connectivity index (χ4n) is 1.24.